The SMILES string of the molecule is COc1cc(OC)cc(C(=O)NNC(=O)C2(c3cccc(C)c3)CCC2)c1. The Hall–Kier alpha value is -3.02. The lowest BCUT2D eigenvalue weighted by atomic mass is 9.63. The number of benzene rings is 2. The second kappa shape index (κ2) is 7.70. The van der Waals surface area contributed by atoms with Crippen molar-refractivity contribution in [3.63, 3.8) is 0 Å². The van der Waals surface area contributed by atoms with E-state index in [2.05, 4.69) is 10.9 Å². The van der Waals surface area contributed by atoms with E-state index in [1.54, 1.807) is 18.2 Å². The molecule has 0 radical (unpaired) electrons. The summed E-state index contributed by atoms with van der Waals surface area (Å²) >= 11 is 0. The Morgan fingerprint density at radius 2 is 1.63 bits per heavy atom. The molecule has 1 aliphatic rings. The zero-order chi connectivity index (χ0) is 19.4. The first-order valence-electron chi connectivity index (χ1n) is 8.89. The van der Waals surface area contributed by atoms with Crippen LogP contribution in [-0.4, -0.2) is 26.0 Å². The van der Waals surface area contributed by atoms with Gasteiger partial charge in [-0.3, -0.25) is 20.4 Å². The van der Waals surface area contributed by atoms with Crippen LogP contribution in [0.2, 0.25) is 0 Å². The molecule has 27 heavy (non-hydrogen) atoms. The molecule has 0 bridgehead atoms. The standard InChI is InChI=1S/C21H24N2O4/c1-14-6-4-7-16(10-14)21(8-5-9-21)20(25)23-22-19(24)15-11-17(26-2)13-18(12-15)27-3/h4,6-7,10-13H,5,8-9H2,1-3H3,(H,22,24)(H,23,25). The second-order valence-electron chi connectivity index (χ2n) is 6.81. The summed E-state index contributed by atoms with van der Waals surface area (Å²) in [5.74, 6) is 0.379. The van der Waals surface area contributed by atoms with Crippen LogP contribution in [0.5, 0.6) is 11.5 Å². The summed E-state index contributed by atoms with van der Waals surface area (Å²) in [5, 5.41) is 0. The maximum Gasteiger partial charge on any atom is 0.269 e. The molecule has 3 rings (SSSR count). The Balaban J connectivity index is 1.72. The van der Waals surface area contributed by atoms with Gasteiger partial charge in [0.2, 0.25) is 5.91 Å². The number of rotatable bonds is 5. The molecule has 2 amide bonds. The third-order valence-electron chi connectivity index (χ3n) is 5.12. The average Bonchev–Trinajstić information content (AvgIpc) is 2.64. The van der Waals surface area contributed by atoms with Crippen LogP contribution in [0.25, 0.3) is 0 Å². The first-order valence-corrected chi connectivity index (χ1v) is 8.89. The fourth-order valence-electron chi connectivity index (χ4n) is 3.36. The lowest BCUT2D eigenvalue weighted by Crippen LogP contribution is -2.54. The number of carbonyl (C=O) groups is 2. The highest BCUT2D eigenvalue weighted by atomic mass is 16.5. The molecule has 142 valence electrons. The number of hydrazine groups is 1. The van der Waals surface area contributed by atoms with E-state index in [9.17, 15) is 9.59 Å². The molecular weight excluding hydrogens is 344 g/mol. The van der Waals surface area contributed by atoms with E-state index in [4.69, 9.17) is 9.47 Å². The summed E-state index contributed by atoms with van der Waals surface area (Å²) in [4.78, 5) is 25.3. The first-order chi connectivity index (χ1) is 13.0. The van der Waals surface area contributed by atoms with Crippen LogP contribution in [-0.2, 0) is 10.2 Å². The lowest BCUT2D eigenvalue weighted by molar-refractivity contribution is -0.130. The van der Waals surface area contributed by atoms with Gasteiger partial charge in [0.1, 0.15) is 11.5 Å². The number of methoxy groups -OCH3 is 2. The predicted molar refractivity (Wildman–Crippen MR) is 102 cm³/mol. The van der Waals surface area contributed by atoms with Crippen LogP contribution in [0.4, 0.5) is 0 Å². The fraction of sp³-hybridized carbons (Fsp3) is 0.333. The van der Waals surface area contributed by atoms with Crippen LogP contribution < -0.4 is 20.3 Å². The van der Waals surface area contributed by atoms with Crippen LogP contribution in [0.15, 0.2) is 42.5 Å². The van der Waals surface area contributed by atoms with Crippen LogP contribution in [0.1, 0.15) is 40.7 Å². The van der Waals surface area contributed by atoms with Gasteiger partial charge in [-0.25, -0.2) is 0 Å². The van der Waals surface area contributed by atoms with E-state index in [1.165, 1.54) is 14.2 Å². The minimum atomic E-state index is -0.578. The van der Waals surface area contributed by atoms with Crippen molar-refractivity contribution < 1.29 is 19.1 Å². The van der Waals surface area contributed by atoms with Gasteiger partial charge >= 0.3 is 0 Å². The second-order valence-corrected chi connectivity index (χ2v) is 6.81. The fourth-order valence-corrected chi connectivity index (χ4v) is 3.36. The molecule has 6 heteroatoms. The molecule has 6 nitrogen and oxygen atoms in total. The topological polar surface area (TPSA) is 76.7 Å². The molecule has 2 aromatic carbocycles. The van der Waals surface area contributed by atoms with Crippen LogP contribution in [0.3, 0.4) is 0 Å². The van der Waals surface area contributed by atoms with Crippen molar-refractivity contribution in [3.05, 3.63) is 59.2 Å². The summed E-state index contributed by atoms with van der Waals surface area (Å²) in [7, 11) is 3.03. The van der Waals surface area contributed by atoms with Gasteiger partial charge in [0.25, 0.3) is 5.91 Å². The van der Waals surface area contributed by atoms with E-state index in [1.807, 2.05) is 31.2 Å². The van der Waals surface area contributed by atoms with Gasteiger partial charge in [-0.1, -0.05) is 36.2 Å². The molecule has 1 fully saturated rings. The molecule has 1 aliphatic carbocycles. The summed E-state index contributed by atoms with van der Waals surface area (Å²) in [6.07, 6.45) is 2.53. The van der Waals surface area contributed by atoms with E-state index in [-0.39, 0.29) is 5.91 Å². The van der Waals surface area contributed by atoms with Gasteiger partial charge in [-0.15, -0.1) is 0 Å². The maximum absolute atomic E-state index is 12.9. The monoisotopic (exact) mass is 368 g/mol. The Labute approximate surface area is 158 Å². The van der Waals surface area contributed by atoms with Crippen molar-refractivity contribution in [2.75, 3.05) is 14.2 Å². The highest BCUT2D eigenvalue weighted by molar-refractivity contribution is 5.97. The van der Waals surface area contributed by atoms with Gasteiger partial charge in [0.05, 0.1) is 19.6 Å². The average molecular weight is 368 g/mol. The third kappa shape index (κ3) is 3.74. The molecule has 0 saturated heterocycles. The van der Waals surface area contributed by atoms with E-state index in [0.29, 0.717) is 17.1 Å². The largest absolute Gasteiger partial charge is 0.497 e. The molecule has 0 aromatic heterocycles. The Morgan fingerprint density at radius 1 is 0.963 bits per heavy atom. The first kappa shape index (κ1) is 18.8. The van der Waals surface area contributed by atoms with Crippen molar-refractivity contribution in [1.82, 2.24) is 10.9 Å². The van der Waals surface area contributed by atoms with Gasteiger partial charge in [-0.2, -0.15) is 0 Å². The molecule has 2 N–H and O–H groups in total. The third-order valence-corrected chi connectivity index (χ3v) is 5.12. The minimum Gasteiger partial charge on any atom is -0.497 e. The molecule has 0 atom stereocenters. The van der Waals surface area contributed by atoms with Gasteiger partial charge in [-0.05, 0) is 37.5 Å². The van der Waals surface area contributed by atoms with E-state index in [0.717, 1.165) is 30.4 Å². The zero-order valence-electron chi connectivity index (χ0n) is 15.8. The number of hydrogen-bond donors (Lipinski definition) is 2. The van der Waals surface area contributed by atoms with Crippen molar-refractivity contribution in [3.8, 4) is 11.5 Å². The summed E-state index contributed by atoms with van der Waals surface area (Å²) < 4.78 is 10.4. The Kier molecular flexibility index (Phi) is 5.35. The molecule has 0 unspecified atom stereocenters. The van der Waals surface area contributed by atoms with Gasteiger partial charge < -0.3 is 9.47 Å². The number of nitrogens with one attached hydrogen (secondary N) is 2. The van der Waals surface area contributed by atoms with Crippen molar-refractivity contribution in [1.29, 1.82) is 0 Å². The smallest absolute Gasteiger partial charge is 0.269 e. The lowest BCUT2D eigenvalue weighted by Gasteiger charge is -2.40. The summed E-state index contributed by atoms with van der Waals surface area (Å²) in [5.41, 5.74) is 6.97. The number of ether oxygens (including phenoxy) is 2. The molecule has 2 aromatic rings. The molecule has 0 spiro atoms. The van der Waals surface area contributed by atoms with Crippen molar-refractivity contribution >= 4 is 11.8 Å². The maximum atomic E-state index is 12.9. The number of hydrogen-bond acceptors (Lipinski definition) is 4. The molecule has 1 saturated carbocycles. The zero-order valence-corrected chi connectivity index (χ0v) is 15.8. The Morgan fingerprint density at radius 3 is 2.15 bits per heavy atom. The van der Waals surface area contributed by atoms with E-state index < -0.39 is 11.3 Å². The Bertz CT molecular complexity index is 837. The number of amides is 2. The summed E-state index contributed by atoms with van der Waals surface area (Å²) in [6, 6.07) is 12.8. The highest BCUT2D eigenvalue weighted by Crippen LogP contribution is 2.44. The van der Waals surface area contributed by atoms with Crippen molar-refractivity contribution in [2.24, 2.45) is 0 Å². The normalized spacial score (nSPS) is 14.6. The highest BCUT2D eigenvalue weighted by Gasteiger charge is 2.45. The van der Waals surface area contributed by atoms with Crippen LogP contribution in [0, 0.1) is 6.92 Å². The molecule has 0 aliphatic heterocycles. The quantitative estimate of drug-likeness (QED) is 0.796. The van der Waals surface area contributed by atoms with Crippen LogP contribution >= 0.6 is 0 Å². The summed E-state index contributed by atoms with van der Waals surface area (Å²) in [6.45, 7) is 2.01. The van der Waals surface area contributed by atoms with Crippen molar-refractivity contribution in [2.45, 2.75) is 31.6 Å². The number of aryl methyl sites for hydroxylation is 1. The minimum absolute atomic E-state index is 0.192. The molecule has 0 heterocycles. The van der Waals surface area contributed by atoms with Gasteiger partial charge in [0.15, 0.2) is 0 Å². The van der Waals surface area contributed by atoms with E-state index >= 15 is 0 Å². The number of carbonyl (C=O) groups excluding carboxylic acids is 2. The molecular formula is C21H24N2O4. The van der Waals surface area contributed by atoms with Gasteiger partial charge in [0, 0.05) is 11.6 Å². The predicted octanol–water partition coefficient (Wildman–Crippen LogP) is 2.90.